The van der Waals surface area contributed by atoms with E-state index < -0.39 is 0 Å². The zero-order valence-corrected chi connectivity index (χ0v) is 19.7. The number of rotatable bonds is 12. The number of carbonyl (C=O) groups is 2. The van der Waals surface area contributed by atoms with Gasteiger partial charge in [-0.3, -0.25) is 9.59 Å². The van der Waals surface area contributed by atoms with E-state index in [-0.39, 0.29) is 37.3 Å². The van der Waals surface area contributed by atoms with Crippen molar-refractivity contribution in [2.45, 2.75) is 33.4 Å². The van der Waals surface area contributed by atoms with Crippen molar-refractivity contribution in [1.29, 1.82) is 0 Å². The van der Waals surface area contributed by atoms with Gasteiger partial charge in [0.1, 0.15) is 18.1 Å². The molecule has 0 aliphatic carbocycles. The largest absolute Gasteiger partial charge is 0.467 e. The Kier molecular flexibility index (Phi) is 9.40. The summed E-state index contributed by atoms with van der Waals surface area (Å²) < 4.78 is 24.2. The molecule has 0 aliphatic rings. The Hall–Kier alpha value is -3.45. The molecule has 0 saturated carbocycles. The molecule has 3 rings (SSSR count). The summed E-state index contributed by atoms with van der Waals surface area (Å²) in [5.74, 6) is -0.123. The summed E-state index contributed by atoms with van der Waals surface area (Å²) in [6, 6.07) is 16.9. The van der Waals surface area contributed by atoms with Crippen molar-refractivity contribution in [3.05, 3.63) is 95.2 Å². The van der Waals surface area contributed by atoms with Gasteiger partial charge in [0.05, 0.1) is 12.8 Å². The number of benzene rings is 2. The zero-order chi connectivity index (χ0) is 24.3. The monoisotopic (exact) mass is 466 g/mol. The van der Waals surface area contributed by atoms with E-state index in [0.29, 0.717) is 37.5 Å². The van der Waals surface area contributed by atoms with Crippen molar-refractivity contribution < 1.29 is 23.1 Å². The maximum Gasteiger partial charge on any atom is 0.254 e. The van der Waals surface area contributed by atoms with E-state index in [1.165, 1.54) is 12.1 Å². The van der Waals surface area contributed by atoms with Gasteiger partial charge in [-0.05, 0) is 61.7 Å². The van der Waals surface area contributed by atoms with E-state index in [9.17, 15) is 14.0 Å². The molecule has 180 valence electrons. The number of hydrogen-bond acceptors (Lipinski definition) is 4. The molecular weight excluding hydrogens is 435 g/mol. The van der Waals surface area contributed by atoms with Crippen LogP contribution in [0.15, 0.2) is 71.3 Å². The van der Waals surface area contributed by atoms with E-state index in [2.05, 4.69) is 0 Å². The third-order valence-corrected chi connectivity index (χ3v) is 5.48. The summed E-state index contributed by atoms with van der Waals surface area (Å²) in [5, 5.41) is 0. The Morgan fingerprint density at radius 2 is 1.74 bits per heavy atom. The molecule has 34 heavy (non-hydrogen) atoms. The van der Waals surface area contributed by atoms with Crippen LogP contribution in [-0.2, 0) is 22.6 Å². The smallest absolute Gasteiger partial charge is 0.254 e. The first kappa shape index (κ1) is 25.2. The number of furan rings is 1. The number of ether oxygens (including phenoxy) is 1. The summed E-state index contributed by atoms with van der Waals surface area (Å²) in [6.07, 6.45) is 2.17. The van der Waals surface area contributed by atoms with E-state index in [0.717, 1.165) is 11.1 Å². The summed E-state index contributed by atoms with van der Waals surface area (Å²) in [6.45, 7) is 5.73. The van der Waals surface area contributed by atoms with Crippen LogP contribution >= 0.6 is 0 Å². The molecule has 0 radical (unpaired) electrons. The van der Waals surface area contributed by atoms with Gasteiger partial charge in [-0.25, -0.2) is 4.39 Å². The van der Waals surface area contributed by atoms with E-state index >= 15 is 0 Å². The molecule has 0 spiro atoms. The Labute approximate surface area is 199 Å². The van der Waals surface area contributed by atoms with Crippen molar-refractivity contribution in [1.82, 2.24) is 9.80 Å². The molecule has 0 atom stereocenters. The van der Waals surface area contributed by atoms with E-state index in [1.54, 1.807) is 46.4 Å². The van der Waals surface area contributed by atoms with Crippen LogP contribution in [0.2, 0.25) is 0 Å². The second kappa shape index (κ2) is 12.7. The highest BCUT2D eigenvalue weighted by Gasteiger charge is 2.24. The Morgan fingerprint density at radius 3 is 2.41 bits per heavy atom. The van der Waals surface area contributed by atoms with Gasteiger partial charge in [-0.2, -0.15) is 0 Å². The molecule has 0 fully saturated rings. The van der Waals surface area contributed by atoms with Crippen molar-refractivity contribution in [2.24, 2.45) is 0 Å². The van der Waals surface area contributed by atoms with Gasteiger partial charge in [0.15, 0.2) is 0 Å². The van der Waals surface area contributed by atoms with Gasteiger partial charge in [-0.1, -0.05) is 30.3 Å². The fourth-order valence-corrected chi connectivity index (χ4v) is 3.63. The molecule has 6 nitrogen and oxygen atoms in total. The molecule has 0 aliphatic heterocycles. The van der Waals surface area contributed by atoms with Gasteiger partial charge in [-0.15, -0.1) is 0 Å². The summed E-state index contributed by atoms with van der Waals surface area (Å²) in [5.41, 5.74) is 2.21. The van der Waals surface area contributed by atoms with Gasteiger partial charge < -0.3 is 19.0 Å². The van der Waals surface area contributed by atoms with Crippen molar-refractivity contribution in [3.63, 3.8) is 0 Å². The minimum Gasteiger partial charge on any atom is -0.467 e. The Balaban J connectivity index is 1.79. The first-order chi connectivity index (χ1) is 16.5. The lowest BCUT2D eigenvalue weighted by molar-refractivity contribution is -0.133. The molecular formula is C27H31FN2O4. The fraction of sp³-hybridized carbons (Fsp3) is 0.333. The van der Waals surface area contributed by atoms with Gasteiger partial charge in [0.2, 0.25) is 5.91 Å². The second-order valence-corrected chi connectivity index (χ2v) is 8.05. The maximum atomic E-state index is 13.4. The molecule has 0 unspecified atom stereocenters. The molecule has 0 saturated heterocycles. The number of carbonyl (C=O) groups excluding carboxylic acids is 2. The average Bonchev–Trinajstić information content (AvgIpc) is 3.35. The molecule has 2 amide bonds. The van der Waals surface area contributed by atoms with E-state index in [1.807, 2.05) is 32.0 Å². The van der Waals surface area contributed by atoms with Crippen molar-refractivity contribution in [2.75, 3.05) is 26.3 Å². The predicted molar refractivity (Wildman–Crippen MR) is 128 cm³/mol. The SMILES string of the molecule is CCOCCCN(CC(=O)N(Cc1ccc(F)cc1)Cc1ccco1)C(=O)c1ccccc1C. The first-order valence-electron chi connectivity index (χ1n) is 11.4. The fourth-order valence-electron chi connectivity index (χ4n) is 3.63. The molecule has 7 heteroatoms. The van der Waals surface area contributed by atoms with Crippen LogP contribution in [0, 0.1) is 12.7 Å². The quantitative estimate of drug-likeness (QED) is 0.359. The zero-order valence-electron chi connectivity index (χ0n) is 19.7. The van der Waals surface area contributed by atoms with E-state index in [4.69, 9.17) is 9.15 Å². The van der Waals surface area contributed by atoms with Crippen LogP contribution < -0.4 is 0 Å². The Morgan fingerprint density at radius 1 is 0.971 bits per heavy atom. The number of aryl methyl sites for hydroxylation is 1. The third kappa shape index (κ3) is 7.28. The molecule has 2 aromatic carbocycles. The highest BCUT2D eigenvalue weighted by Crippen LogP contribution is 2.15. The van der Waals surface area contributed by atoms with Gasteiger partial charge >= 0.3 is 0 Å². The summed E-state index contributed by atoms with van der Waals surface area (Å²) in [7, 11) is 0. The number of hydrogen-bond donors (Lipinski definition) is 0. The van der Waals surface area contributed by atoms with Crippen molar-refractivity contribution in [3.8, 4) is 0 Å². The topological polar surface area (TPSA) is 63.0 Å². The van der Waals surface area contributed by atoms with Crippen LogP contribution in [0.5, 0.6) is 0 Å². The standard InChI is InChI=1S/C27H31FN2O4/c1-3-33-16-7-15-29(27(32)25-10-5-4-8-21(25)2)20-26(31)30(19-24-9-6-17-34-24)18-22-11-13-23(28)14-12-22/h4-6,8-14,17H,3,7,15-16,18-20H2,1-2H3. The normalized spacial score (nSPS) is 10.8. The van der Waals surface area contributed by atoms with Crippen LogP contribution in [0.1, 0.15) is 40.6 Å². The van der Waals surface area contributed by atoms with Crippen LogP contribution in [-0.4, -0.2) is 47.9 Å². The van der Waals surface area contributed by atoms with Crippen LogP contribution in [0.25, 0.3) is 0 Å². The lowest BCUT2D eigenvalue weighted by Gasteiger charge is -2.28. The van der Waals surface area contributed by atoms with Crippen LogP contribution in [0.3, 0.4) is 0 Å². The summed E-state index contributed by atoms with van der Waals surface area (Å²) in [4.78, 5) is 30.0. The van der Waals surface area contributed by atoms with Gasteiger partial charge in [0.25, 0.3) is 5.91 Å². The number of nitrogens with zero attached hydrogens (tertiary/aromatic N) is 2. The summed E-state index contributed by atoms with van der Waals surface area (Å²) >= 11 is 0. The molecule has 1 heterocycles. The highest BCUT2D eigenvalue weighted by molar-refractivity contribution is 5.97. The minimum absolute atomic E-state index is 0.0821. The van der Waals surface area contributed by atoms with Gasteiger partial charge in [0, 0.05) is 31.9 Å². The average molecular weight is 467 g/mol. The molecule has 1 aromatic heterocycles. The molecule has 0 bridgehead atoms. The lowest BCUT2D eigenvalue weighted by atomic mass is 10.1. The minimum atomic E-state index is -0.336. The van der Waals surface area contributed by atoms with Crippen molar-refractivity contribution >= 4 is 11.8 Å². The predicted octanol–water partition coefficient (Wildman–Crippen LogP) is 4.82. The molecule has 3 aromatic rings. The van der Waals surface area contributed by atoms with Crippen LogP contribution in [0.4, 0.5) is 4.39 Å². The second-order valence-electron chi connectivity index (χ2n) is 8.05. The number of halogens is 1. The first-order valence-corrected chi connectivity index (χ1v) is 11.4. The maximum absolute atomic E-state index is 13.4. The molecule has 0 N–H and O–H groups in total. The number of amides is 2. The Bertz CT molecular complexity index is 1050. The highest BCUT2D eigenvalue weighted by atomic mass is 19.1. The third-order valence-electron chi connectivity index (χ3n) is 5.48. The lowest BCUT2D eigenvalue weighted by Crippen LogP contribution is -2.43.